The zero-order chi connectivity index (χ0) is 23.7. The molecule has 2 saturated heterocycles. The lowest BCUT2D eigenvalue weighted by Gasteiger charge is -2.42. The highest BCUT2D eigenvalue weighted by atomic mass is 35.5. The fourth-order valence-electron chi connectivity index (χ4n) is 5.50. The minimum Gasteiger partial charge on any atom is -0.379 e. The summed E-state index contributed by atoms with van der Waals surface area (Å²) < 4.78 is 19.8. The van der Waals surface area contributed by atoms with E-state index in [1.807, 2.05) is 6.07 Å². The highest BCUT2D eigenvalue weighted by molar-refractivity contribution is 6.30. The van der Waals surface area contributed by atoms with Crippen LogP contribution in [-0.2, 0) is 11.2 Å². The van der Waals surface area contributed by atoms with Crippen molar-refractivity contribution >= 4 is 17.4 Å². The summed E-state index contributed by atoms with van der Waals surface area (Å²) in [5.41, 5.74) is 3.24. The number of rotatable bonds is 6. The van der Waals surface area contributed by atoms with Gasteiger partial charge in [0.05, 0.1) is 18.2 Å². The van der Waals surface area contributed by atoms with Crippen LogP contribution < -0.4 is 4.90 Å². The number of aromatic nitrogens is 2. The van der Waals surface area contributed by atoms with Gasteiger partial charge in [-0.15, -0.1) is 0 Å². The summed E-state index contributed by atoms with van der Waals surface area (Å²) in [7, 11) is 0. The number of fused-ring (bicyclic) bond motifs is 1. The molecular weight excluding hydrogens is 457 g/mol. The summed E-state index contributed by atoms with van der Waals surface area (Å²) in [5, 5.41) is 11.6. The Kier molecular flexibility index (Phi) is 7.32. The monoisotopic (exact) mass is 489 g/mol. The second-order valence-electron chi connectivity index (χ2n) is 9.63. The van der Waals surface area contributed by atoms with Gasteiger partial charge in [-0.3, -0.25) is 9.80 Å². The molecule has 184 valence electrons. The Morgan fingerprint density at radius 1 is 1.15 bits per heavy atom. The van der Waals surface area contributed by atoms with Gasteiger partial charge in [-0.25, -0.2) is 14.4 Å². The molecular formula is C25H33ClFN5O2. The maximum atomic E-state index is 14.3. The zero-order valence-electron chi connectivity index (χ0n) is 19.7. The van der Waals surface area contributed by atoms with E-state index < -0.39 is 12.0 Å². The van der Waals surface area contributed by atoms with Gasteiger partial charge >= 0.3 is 0 Å². The molecule has 2 aliphatic heterocycles. The van der Waals surface area contributed by atoms with Crippen LogP contribution in [0.25, 0.3) is 0 Å². The van der Waals surface area contributed by atoms with Crippen molar-refractivity contribution in [2.75, 3.05) is 63.9 Å². The maximum Gasteiger partial charge on any atom is 0.142 e. The van der Waals surface area contributed by atoms with E-state index in [2.05, 4.69) is 31.6 Å². The van der Waals surface area contributed by atoms with E-state index in [1.54, 1.807) is 12.4 Å². The molecule has 3 aliphatic rings. The van der Waals surface area contributed by atoms with Crippen molar-refractivity contribution < 1.29 is 14.2 Å². The molecule has 0 radical (unpaired) electrons. The van der Waals surface area contributed by atoms with Gasteiger partial charge in [-0.1, -0.05) is 24.6 Å². The number of anilines is 1. The Hall–Kier alpha value is -1.84. The van der Waals surface area contributed by atoms with E-state index in [9.17, 15) is 9.50 Å². The Labute approximate surface area is 205 Å². The van der Waals surface area contributed by atoms with Gasteiger partial charge in [0.1, 0.15) is 24.2 Å². The number of benzene rings is 1. The molecule has 3 heterocycles. The highest BCUT2D eigenvalue weighted by Gasteiger charge is 2.34. The van der Waals surface area contributed by atoms with E-state index in [0.29, 0.717) is 38.8 Å². The van der Waals surface area contributed by atoms with E-state index in [1.165, 1.54) is 17.3 Å². The average molecular weight is 490 g/mol. The second kappa shape index (κ2) is 10.4. The first kappa shape index (κ1) is 23.9. The van der Waals surface area contributed by atoms with Crippen molar-refractivity contribution in [1.29, 1.82) is 0 Å². The molecule has 1 N–H and O–H groups in total. The number of hydrogen-bond acceptors (Lipinski definition) is 7. The number of morpholine rings is 1. The fourth-order valence-corrected chi connectivity index (χ4v) is 5.62. The van der Waals surface area contributed by atoms with Crippen molar-refractivity contribution in [3.05, 3.63) is 52.2 Å². The molecule has 1 aliphatic carbocycles. The van der Waals surface area contributed by atoms with E-state index in [-0.39, 0.29) is 10.9 Å². The summed E-state index contributed by atoms with van der Waals surface area (Å²) in [6, 6.07) is 4.89. The molecule has 0 bridgehead atoms. The molecule has 0 saturated carbocycles. The van der Waals surface area contributed by atoms with Crippen LogP contribution in [0.2, 0.25) is 5.02 Å². The minimum atomic E-state index is -0.722. The highest BCUT2D eigenvalue weighted by Crippen LogP contribution is 2.37. The molecule has 2 aromatic rings. The van der Waals surface area contributed by atoms with Gasteiger partial charge in [-0.05, 0) is 36.5 Å². The molecule has 1 unspecified atom stereocenters. The van der Waals surface area contributed by atoms with Gasteiger partial charge < -0.3 is 14.7 Å². The Morgan fingerprint density at radius 3 is 2.65 bits per heavy atom. The first-order valence-electron chi connectivity index (χ1n) is 12.3. The van der Waals surface area contributed by atoms with Crippen LogP contribution in [0.1, 0.15) is 42.0 Å². The molecule has 5 rings (SSSR count). The van der Waals surface area contributed by atoms with Crippen LogP contribution in [0.15, 0.2) is 24.5 Å². The standard InChI is InChI=1S/C25H33ClFN5O2/c1-17-2-5-22-23(17)24(29-16-28-22)31-6-8-32(9-7-31)25(33)19(15-30-10-12-34-13-11-30)18-3-4-20(26)21(27)14-18/h3-4,14,16-17,19,25,33H,2,5-13,15H2,1H3/t17-,19+,25?/m1/s1. The largest absolute Gasteiger partial charge is 0.379 e. The van der Waals surface area contributed by atoms with Crippen molar-refractivity contribution in [3.63, 3.8) is 0 Å². The van der Waals surface area contributed by atoms with Crippen LogP contribution in [0.3, 0.4) is 0 Å². The number of ether oxygens (including phenoxy) is 1. The van der Waals surface area contributed by atoms with Crippen LogP contribution in [0.4, 0.5) is 10.2 Å². The summed E-state index contributed by atoms with van der Waals surface area (Å²) in [6.07, 6.45) is 3.10. The molecule has 9 heteroatoms. The van der Waals surface area contributed by atoms with Crippen LogP contribution in [0, 0.1) is 5.82 Å². The topological polar surface area (TPSA) is 65.0 Å². The Bertz CT molecular complexity index is 997. The molecule has 7 nitrogen and oxygen atoms in total. The lowest BCUT2D eigenvalue weighted by molar-refractivity contribution is -0.0371. The zero-order valence-corrected chi connectivity index (χ0v) is 20.4. The summed E-state index contributed by atoms with van der Waals surface area (Å²) in [5.74, 6) is 0.830. The van der Waals surface area contributed by atoms with Crippen LogP contribution >= 0.6 is 11.6 Å². The third kappa shape index (κ3) is 4.93. The first-order valence-corrected chi connectivity index (χ1v) is 12.6. The number of aliphatic hydroxyl groups is 1. The average Bonchev–Trinajstić information content (AvgIpc) is 3.26. The quantitative estimate of drug-likeness (QED) is 0.669. The third-order valence-electron chi connectivity index (χ3n) is 7.53. The minimum absolute atomic E-state index is 0.101. The number of hydrogen-bond donors (Lipinski definition) is 1. The summed E-state index contributed by atoms with van der Waals surface area (Å²) in [6.45, 7) is 8.86. The van der Waals surface area contributed by atoms with Gasteiger partial charge in [-0.2, -0.15) is 0 Å². The molecule has 0 amide bonds. The third-order valence-corrected chi connectivity index (χ3v) is 7.84. The number of nitrogens with zero attached hydrogens (tertiary/aromatic N) is 5. The van der Waals surface area contributed by atoms with Crippen LogP contribution in [-0.4, -0.2) is 90.1 Å². The van der Waals surface area contributed by atoms with Gasteiger partial charge in [0.25, 0.3) is 0 Å². The lowest BCUT2D eigenvalue weighted by Crippen LogP contribution is -2.54. The normalized spacial score (nSPS) is 23.6. The predicted molar refractivity (Wildman–Crippen MR) is 130 cm³/mol. The summed E-state index contributed by atoms with van der Waals surface area (Å²) in [4.78, 5) is 15.8. The van der Waals surface area contributed by atoms with Crippen molar-refractivity contribution in [2.24, 2.45) is 0 Å². The van der Waals surface area contributed by atoms with E-state index >= 15 is 0 Å². The summed E-state index contributed by atoms with van der Waals surface area (Å²) >= 11 is 5.94. The smallest absolute Gasteiger partial charge is 0.142 e. The van der Waals surface area contributed by atoms with E-state index in [0.717, 1.165) is 50.4 Å². The van der Waals surface area contributed by atoms with Crippen molar-refractivity contribution in [3.8, 4) is 0 Å². The Balaban J connectivity index is 1.31. The van der Waals surface area contributed by atoms with Crippen molar-refractivity contribution in [1.82, 2.24) is 19.8 Å². The molecule has 1 aromatic heterocycles. The number of aryl methyl sites for hydroxylation is 1. The number of aliphatic hydroxyl groups excluding tert-OH is 1. The van der Waals surface area contributed by atoms with Gasteiger partial charge in [0.15, 0.2) is 0 Å². The molecule has 34 heavy (non-hydrogen) atoms. The fraction of sp³-hybridized carbons (Fsp3) is 0.600. The predicted octanol–water partition coefficient (Wildman–Crippen LogP) is 2.88. The molecule has 3 atom stereocenters. The van der Waals surface area contributed by atoms with Gasteiger partial charge in [0.2, 0.25) is 0 Å². The van der Waals surface area contributed by atoms with E-state index in [4.69, 9.17) is 16.3 Å². The van der Waals surface area contributed by atoms with Gasteiger partial charge in [0, 0.05) is 63.0 Å². The Morgan fingerprint density at radius 2 is 1.91 bits per heavy atom. The number of halogens is 2. The SMILES string of the molecule is C[C@@H]1CCc2ncnc(N3CCN(C(O)[C@@H](CN4CCOCC4)c4ccc(Cl)c(F)c4)CC3)c21. The second-order valence-corrected chi connectivity index (χ2v) is 10.0. The molecule has 2 fully saturated rings. The molecule has 1 aromatic carbocycles. The van der Waals surface area contributed by atoms with Crippen molar-refractivity contribution in [2.45, 2.75) is 37.8 Å². The van der Waals surface area contributed by atoms with Crippen LogP contribution in [0.5, 0.6) is 0 Å². The number of piperazine rings is 1. The first-order chi connectivity index (χ1) is 16.5. The lowest BCUT2D eigenvalue weighted by atomic mass is 9.95. The molecule has 0 spiro atoms. The maximum absolute atomic E-state index is 14.3.